The van der Waals surface area contributed by atoms with Gasteiger partial charge in [-0.3, -0.25) is 4.79 Å². The normalized spacial score (nSPS) is 16.4. The molecule has 6 heteroatoms. The molecule has 2 heterocycles. The van der Waals surface area contributed by atoms with Crippen LogP contribution in [0.1, 0.15) is 35.9 Å². The van der Waals surface area contributed by atoms with Crippen molar-refractivity contribution in [3.05, 3.63) is 65.5 Å². The van der Waals surface area contributed by atoms with Crippen LogP contribution in [0.2, 0.25) is 0 Å². The van der Waals surface area contributed by atoms with Crippen LogP contribution in [0.5, 0.6) is 5.75 Å². The number of amides is 1. The van der Waals surface area contributed by atoms with E-state index in [2.05, 4.69) is 10.1 Å². The maximum absolute atomic E-state index is 12.9. The number of ether oxygens (including phenoxy) is 1. The fourth-order valence-corrected chi connectivity index (χ4v) is 3.61. The second-order valence-electron chi connectivity index (χ2n) is 7.10. The van der Waals surface area contributed by atoms with Gasteiger partial charge in [0.1, 0.15) is 11.8 Å². The lowest BCUT2D eigenvalue weighted by molar-refractivity contribution is -0.131. The maximum atomic E-state index is 12.9. The summed E-state index contributed by atoms with van der Waals surface area (Å²) in [6.07, 6.45) is 2.12. The van der Waals surface area contributed by atoms with E-state index in [4.69, 9.17) is 9.26 Å². The Morgan fingerprint density at radius 2 is 2.07 bits per heavy atom. The van der Waals surface area contributed by atoms with Crippen LogP contribution in [0.25, 0.3) is 11.4 Å². The third kappa shape index (κ3) is 3.76. The maximum Gasteiger partial charge on any atom is 0.249 e. The van der Waals surface area contributed by atoms with E-state index >= 15 is 0 Å². The average molecular weight is 377 g/mol. The fraction of sp³-hybridized carbons (Fsp3) is 0.318. The lowest BCUT2D eigenvalue weighted by Crippen LogP contribution is -2.32. The van der Waals surface area contributed by atoms with Gasteiger partial charge in [-0.25, -0.2) is 0 Å². The summed E-state index contributed by atoms with van der Waals surface area (Å²) in [7, 11) is 1.63. The van der Waals surface area contributed by atoms with Crippen molar-refractivity contribution in [2.24, 2.45) is 0 Å². The van der Waals surface area contributed by atoms with Crippen molar-refractivity contribution in [3.8, 4) is 17.1 Å². The molecule has 1 amide bonds. The summed E-state index contributed by atoms with van der Waals surface area (Å²) in [5, 5.41) is 4.13. The molecule has 0 N–H and O–H groups in total. The minimum Gasteiger partial charge on any atom is -0.497 e. The molecule has 1 fully saturated rings. The number of benzene rings is 2. The van der Waals surface area contributed by atoms with Crippen molar-refractivity contribution in [2.45, 2.75) is 32.2 Å². The number of carbonyl (C=O) groups is 1. The van der Waals surface area contributed by atoms with E-state index in [1.165, 1.54) is 0 Å². The predicted molar refractivity (Wildman–Crippen MR) is 105 cm³/mol. The molecule has 1 aliphatic heterocycles. The number of hydrogen-bond donors (Lipinski definition) is 0. The van der Waals surface area contributed by atoms with Crippen LogP contribution in [0.15, 0.2) is 53.1 Å². The molecule has 0 radical (unpaired) electrons. The van der Waals surface area contributed by atoms with Gasteiger partial charge in [0.05, 0.1) is 13.5 Å². The number of likely N-dealkylation sites (tertiary alicyclic amines) is 1. The van der Waals surface area contributed by atoms with Gasteiger partial charge in [0.15, 0.2) is 0 Å². The highest BCUT2D eigenvalue weighted by Gasteiger charge is 2.34. The summed E-state index contributed by atoms with van der Waals surface area (Å²) < 4.78 is 10.7. The smallest absolute Gasteiger partial charge is 0.249 e. The van der Waals surface area contributed by atoms with Crippen LogP contribution in [0.3, 0.4) is 0 Å². The summed E-state index contributed by atoms with van der Waals surface area (Å²) in [5.41, 5.74) is 3.02. The van der Waals surface area contributed by atoms with Crippen LogP contribution in [-0.2, 0) is 11.2 Å². The summed E-state index contributed by atoms with van der Waals surface area (Å²) in [4.78, 5) is 19.3. The lowest BCUT2D eigenvalue weighted by Gasteiger charge is -2.22. The van der Waals surface area contributed by atoms with Crippen molar-refractivity contribution in [3.63, 3.8) is 0 Å². The van der Waals surface area contributed by atoms with E-state index in [1.807, 2.05) is 60.4 Å². The summed E-state index contributed by atoms with van der Waals surface area (Å²) in [5.74, 6) is 1.93. The van der Waals surface area contributed by atoms with Crippen LogP contribution in [-0.4, -0.2) is 34.6 Å². The van der Waals surface area contributed by atoms with Gasteiger partial charge in [0.2, 0.25) is 17.6 Å². The molecule has 0 unspecified atom stereocenters. The minimum absolute atomic E-state index is 0.0722. The number of methoxy groups -OCH3 is 1. The van der Waals surface area contributed by atoms with E-state index in [1.54, 1.807) is 7.11 Å². The predicted octanol–water partition coefficient (Wildman–Crippen LogP) is 3.96. The van der Waals surface area contributed by atoms with Gasteiger partial charge >= 0.3 is 0 Å². The van der Waals surface area contributed by atoms with Crippen LogP contribution in [0.4, 0.5) is 0 Å². The molecule has 2 aromatic carbocycles. The molecule has 4 rings (SSSR count). The van der Waals surface area contributed by atoms with Gasteiger partial charge < -0.3 is 14.2 Å². The lowest BCUT2D eigenvalue weighted by atomic mass is 10.1. The topological polar surface area (TPSA) is 68.5 Å². The molecule has 0 saturated carbocycles. The molecule has 0 aliphatic carbocycles. The standard InChI is InChI=1S/C22H23N3O3/c1-15-5-3-6-17(13-15)21-23-22(28-24-21)19-7-4-12-25(19)20(26)14-16-8-10-18(27-2)11-9-16/h3,5-6,8-11,13,19H,4,7,12,14H2,1-2H3/t19-/m0/s1. The highest BCUT2D eigenvalue weighted by atomic mass is 16.5. The molecule has 28 heavy (non-hydrogen) atoms. The first-order valence-corrected chi connectivity index (χ1v) is 9.47. The third-order valence-electron chi connectivity index (χ3n) is 5.09. The van der Waals surface area contributed by atoms with Gasteiger partial charge in [-0.05, 0) is 43.5 Å². The Kier molecular flexibility index (Phi) is 5.10. The molecule has 6 nitrogen and oxygen atoms in total. The Labute approximate surface area is 164 Å². The molecule has 144 valence electrons. The number of carbonyl (C=O) groups excluding carboxylic acids is 1. The van der Waals surface area contributed by atoms with E-state index in [0.29, 0.717) is 24.7 Å². The van der Waals surface area contributed by atoms with Gasteiger partial charge in [-0.15, -0.1) is 0 Å². The molecular formula is C22H23N3O3. The van der Waals surface area contributed by atoms with Gasteiger partial charge in [-0.2, -0.15) is 4.98 Å². The van der Waals surface area contributed by atoms with Crippen molar-refractivity contribution >= 4 is 5.91 Å². The van der Waals surface area contributed by atoms with E-state index in [9.17, 15) is 4.79 Å². The summed E-state index contributed by atoms with van der Waals surface area (Å²) in [6, 6.07) is 15.4. The van der Waals surface area contributed by atoms with Crippen LogP contribution < -0.4 is 4.74 Å². The molecule has 1 atom stereocenters. The quantitative estimate of drug-likeness (QED) is 0.673. The second kappa shape index (κ2) is 7.84. The van der Waals surface area contributed by atoms with Crippen molar-refractivity contribution in [1.82, 2.24) is 15.0 Å². The fourth-order valence-electron chi connectivity index (χ4n) is 3.61. The van der Waals surface area contributed by atoms with E-state index in [-0.39, 0.29) is 11.9 Å². The first-order chi connectivity index (χ1) is 13.6. The number of hydrogen-bond acceptors (Lipinski definition) is 5. The molecule has 1 aromatic heterocycles. The number of rotatable bonds is 5. The zero-order valence-corrected chi connectivity index (χ0v) is 16.1. The third-order valence-corrected chi connectivity index (χ3v) is 5.09. The van der Waals surface area contributed by atoms with Crippen molar-refractivity contribution < 1.29 is 14.1 Å². The minimum atomic E-state index is -0.156. The number of nitrogens with zero attached hydrogens (tertiary/aromatic N) is 3. The second-order valence-corrected chi connectivity index (χ2v) is 7.10. The average Bonchev–Trinajstić information content (AvgIpc) is 3.38. The zero-order chi connectivity index (χ0) is 19.5. The Balaban J connectivity index is 1.49. The Hall–Kier alpha value is -3.15. The van der Waals surface area contributed by atoms with Gasteiger partial charge in [-0.1, -0.05) is 41.1 Å². The molecular weight excluding hydrogens is 354 g/mol. The van der Waals surface area contributed by atoms with E-state index < -0.39 is 0 Å². The summed E-state index contributed by atoms with van der Waals surface area (Å²) >= 11 is 0. The molecule has 1 saturated heterocycles. The first kappa shape index (κ1) is 18.2. The molecule has 3 aromatic rings. The highest BCUT2D eigenvalue weighted by Crippen LogP contribution is 2.32. The largest absolute Gasteiger partial charge is 0.497 e. The molecule has 0 bridgehead atoms. The van der Waals surface area contributed by atoms with Crippen LogP contribution in [0, 0.1) is 6.92 Å². The van der Waals surface area contributed by atoms with Crippen molar-refractivity contribution in [1.29, 1.82) is 0 Å². The highest BCUT2D eigenvalue weighted by molar-refractivity contribution is 5.79. The van der Waals surface area contributed by atoms with E-state index in [0.717, 1.165) is 35.3 Å². The first-order valence-electron chi connectivity index (χ1n) is 9.47. The van der Waals surface area contributed by atoms with Crippen LogP contribution >= 0.6 is 0 Å². The van der Waals surface area contributed by atoms with Crippen molar-refractivity contribution in [2.75, 3.05) is 13.7 Å². The van der Waals surface area contributed by atoms with Gasteiger partial charge in [0, 0.05) is 12.1 Å². The summed E-state index contributed by atoms with van der Waals surface area (Å²) in [6.45, 7) is 2.74. The zero-order valence-electron chi connectivity index (χ0n) is 16.1. The van der Waals surface area contributed by atoms with Gasteiger partial charge in [0.25, 0.3) is 0 Å². The molecule has 1 aliphatic rings. The Morgan fingerprint density at radius 3 is 2.82 bits per heavy atom. The Bertz CT molecular complexity index is 965. The Morgan fingerprint density at radius 1 is 1.25 bits per heavy atom. The number of aromatic nitrogens is 2. The SMILES string of the molecule is COc1ccc(CC(=O)N2CCC[C@H]2c2nc(-c3cccc(C)c3)no2)cc1. The molecule has 0 spiro atoms. The monoisotopic (exact) mass is 377 g/mol. The number of aryl methyl sites for hydroxylation is 1.